The summed E-state index contributed by atoms with van der Waals surface area (Å²) in [7, 11) is 0. The Kier molecular flexibility index (Phi) is 56.3. The molecule has 0 aromatic heterocycles. The molecule has 14 heavy (non-hydrogen) atoms. The first-order chi connectivity index (χ1) is 4.85. The van der Waals surface area contributed by atoms with Crippen LogP contribution in [0.4, 0.5) is 0 Å². The van der Waals surface area contributed by atoms with Crippen LogP contribution in [0.1, 0.15) is 0 Å². The van der Waals surface area contributed by atoms with Crippen LogP contribution >= 0.6 is 0 Å². The number of nitrogens with zero attached hydrogens (tertiary/aromatic N) is 1. The van der Waals surface area contributed by atoms with E-state index in [0.717, 1.165) is 0 Å². The Balaban J connectivity index is -0.0000000675. The number of aliphatic hydroxyl groups is 3. The molecule has 0 amide bonds. The summed E-state index contributed by atoms with van der Waals surface area (Å²) in [5.74, 6) is 0. The summed E-state index contributed by atoms with van der Waals surface area (Å²) in [5.41, 5.74) is 0. The van der Waals surface area contributed by atoms with Gasteiger partial charge in [0.15, 0.2) is 0 Å². The van der Waals surface area contributed by atoms with E-state index in [1.807, 2.05) is 0 Å². The molecule has 0 saturated carbocycles. The Morgan fingerprint density at radius 1 is 0.714 bits per heavy atom. The summed E-state index contributed by atoms with van der Waals surface area (Å²) in [5, 5.41) is 25.5. The van der Waals surface area contributed by atoms with Gasteiger partial charge in [-0.2, -0.15) is 0 Å². The van der Waals surface area contributed by atoms with Crippen molar-refractivity contribution in [3.63, 3.8) is 0 Å². The predicted molar refractivity (Wildman–Crippen MR) is 37.7 cm³/mol. The third-order valence-electron chi connectivity index (χ3n) is 1.25. The van der Waals surface area contributed by atoms with E-state index in [4.69, 9.17) is 15.3 Å². The van der Waals surface area contributed by atoms with Crippen molar-refractivity contribution in [2.45, 2.75) is 0 Å². The quantitative estimate of drug-likeness (QED) is 0.420. The van der Waals surface area contributed by atoms with Gasteiger partial charge in [0, 0.05) is 19.6 Å². The first kappa shape index (κ1) is 30.7. The van der Waals surface area contributed by atoms with Crippen molar-refractivity contribution in [3.8, 4) is 0 Å². The number of hydrogen-bond acceptors (Lipinski definition) is 4. The van der Waals surface area contributed by atoms with Crippen molar-refractivity contribution in [1.29, 1.82) is 0 Å². The van der Waals surface area contributed by atoms with Crippen LogP contribution in [-0.4, -0.2) is 59.7 Å². The van der Waals surface area contributed by atoms with Crippen molar-refractivity contribution in [2.24, 2.45) is 0 Å². The molecule has 0 radical (unpaired) electrons. The summed E-state index contributed by atoms with van der Waals surface area (Å²) in [6.45, 7) is 1.75. The van der Waals surface area contributed by atoms with Crippen LogP contribution in [0.15, 0.2) is 0 Å². The molecule has 0 aromatic carbocycles. The molecule has 0 rings (SSSR count). The molecule has 0 aromatic rings. The Bertz CT molecular complexity index is 73.8. The molecular formula is C6H15BrClK2NO3. The van der Waals surface area contributed by atoms with Gasteiger partial charge in [-0.1, -0.05) is 0 Å². The smallest absolute Gasteiger partial charge is 1.00 e. The summed E-state index contributed by atoms with van der Waals surface area (Å²) in [6, 6.07) is 0. The molecule has 8 heteroatoms. The van der Waals surface area contributed by atoms with Gasteiger partial charge in [0.25, 0.3) is 0 Å². The van der Waals surface area contributed by atoms with E-state index in [2.05, 4.69) is 0 Å². The van der Waals surface area contributed by atoms with E-state index in [1.54, 1.807) is 4.90 Å². The maximum atomic E-state index is 8.48. The molecule has 3 N–H and O–H groups in total. The van der Waals surface area contributed by atoms with E-state index in [0.29, 0.717) is 19.6 Å². The van der Waals surface area contributed by atoms with Crippen LogP contribution in [0.2, 0.25) is 0 Å². The van der Waals surface area contributed by atoms with Gasteiger partial charge < -0.3 is 44.7 Å². The molecule has 0 spiro atoms. The van der Waals surface area contributed by atoms with Crippen molar-refractivity contribution in [3.05, 3.63) is 0 Å². The standard InChI is InChI=1S/C6H15NO3.BrH.ClH.2K/c8-4-1-7(2-5-9)3-6-10;;;;/h8-10H,1-6H2;2*1H;;/q;;;2*+1/p-2. The Morgan fingerprint density at radius 2 is 0.929 bits per heavy atom. The number of halogens is 2. The largest absolute Gasteiger partial charge is 1.00 e. The molecule has 0 bridgehead atoms. The minimum absolute atomic E-state index is 0. The first-order valence-electron chi connectivity index (χ1n) is 3.40. The zero-order chi connectivity index (χ0) is 7.82. The van der Waals surface area contributed by atoms with E-state index in [9.17, 15) is 0 Å². The summed E-state index contributed by atoms with van der Waals surface area (Å²) >= 11 is 0. The van der Waals surface area contributed by atoms with E-state index < -0.39 is 0 Å². The Hall–Kier alpha value is 3.88. The van der Waals surface area contributed by atoms with Gasteiger partial charge >= 0.3 is 103 Å². The molecule has 0 saturated heterocycles. The number of rotatable bonds is 6. The molecule has 0 aliphatic carbocycles. The summed E-state index contributed by atoms with van der Waals surface area (Å²) in [4.78, 5) is 1.79. The zero-order valence-corrected chi connectivity index (χ0v) is 17.4. The van der Waals surface area contributed by atoms with Gasteiger partial charge in [0.05, 0.1) is 19.8 Å². The minimum atomic E-state index is 0. The van der Waals surface area contributed by atoms with Crippen LogP contribution in [0, 0.1) is 0 Å². The zero-order valence-electron chi connectivity index (χ0n) is 8.79. The SMILES string of the molecule is OCCN(CCO)CCO.[Br-].[Cl-].[K+].[K+]. The molecule has 0 aliphatic heterocycles. The van der Waals surface area contributed by atoms with Crippen LogP contribution in [-0.2, 0) is 0 Å². The maximum absolute atomic E-state index is 8.48. The van der Waals surface area contributed by atoms with Gasteiger partial charge in [-0.05, 0) is 0 Å². The second-order valence-corrected chi connectivity index (χ2v) is 2.01. The molecule has 0 aliphatic rings. The fraction of sp³-hybridized carbons (Fsp3) is 1.00. The van der Waals surface area contributed by atoms with Crippen LogP contribution in [0.3, 0.4) is 0 Å². The Labute approximate surface area is 187 Å². The predicted octanol–water partition coefficient (Wildman–Crippen LogP) is -13.7. The van der Waals surface area contributed by atoms with E-state index in [-0.39, 0.29) is 152 Å². The fourth-order valence-electron chi connectivity index (χ4n) is 0.760. The van der Waals surface area contributed by atoms with Gasteiger partial charge in [-0.25, -0.2) is 0 Å². The van der Waals surface area contributed by atoms with Crippen molar-refractivity contribution < 1.29 is 147 Å². The van der Waals surface area contributed by atoms with Crippen LogP contribution < -0.4 is 132 Å². The van der Waals surface area contributed by atoms with Gasteiger partial charge in [-0.15, -0.1) is 0 Å². The van der Waals surface area contributed by atoms with Crippen LogP contribution in [0.25, 0.3) is 0 Å². The average molecular weight is 343 g/mol. The third-order valence-corrected chi connectivity index (χ3v) is 1.25. The van der Waals surface area contributed by atoms with Gasteiger partial charge in [-0.3, -0.25) is 4.90 Å². The van der Waals surface area contributed by atoms with Crippen molar-refractivity contribution in [2.75, 3.05) is 39.5 Å². The molecule has 4 nitrogen and oxygen atoms in total. The average Bonchev–Trinajstić information content (AvgIpc) is 1.90. The van der Waals surface area contributed by atoms with Crippen molar-refractivity contribution in [1.82, 2.24) is 4.90 Å². The molecule has 0 atom stereocenters. The molecule has 0 heterocycles. The monoisotopic (exact) mass is 341 g/mol. The summed E-state index contributed by atoms with van der Waals surface area (Å²) in [6.07, 6.45) is 0. The Morgan fingerprint density at radius 3 is 1.07 bits per heavy atom. The first-order valence-corrected chi connectivity index (χ1v) is 3.40. The normalized spacial score (nSPS) is 7.71. The second kappa shape index (κ2) is 25.7. The fourth-order valence-corrected chi connectivity index (χ4v) is 0.760. The number of hydrogen-bond donors (Lipinski definition) is 3. The van der Waals surface area contributed by atoms with E-state index >= 15 is 0 Å². The van der Waals surface area contributed by atoms with Gasteiger partial charge in [0.2, 0.25) is 0 Å². The summed E-state index contributed by atoms with van der Waals surface area (Å²) < 4.78 is 0. The third kappa shape index (κ3) is 21.2. The molecule has 0 unspecified atom stereocenters. The number of aliphatic hydroxyl groups excluding tert-OH is 3. The minimum Gasteiger partial charge on any atom is -1.00 e. The van der Waals surface area contributed by atoms with Crippen LogP contribution in [0.5, 0.6) is 0 Å². The van der Waals surface area contributed by atoms with Gasteiger partial charge in [0.1, 0.15) is 0 Å². The maximum Gasteiger partial charge on any atom is 1.00 e. The second-order valence-electron chi connectivity index (χ2n) is 2.01. The molecular weight excluding hydrogens is 328 g/mol. The molecule has 78 valence electrons. The molecule has 0 fully saturated rings. The topological polar surface area (TPSA) is 63.9 Å². The van der Waals surface area contributed by atoms with E-state index in [1.165, 1.54) is 0 Å². The van der Waals surface area contributed by atoms with Crippen molar-refractivity contribution >= 4 is 0 Å².